The Labute approximate surface area is 102 Å². The van der Waals surface area contributed by atoms with Gasteiger partial charge in [0.1, 0.15) is 6.04 Å². The molecule has 0 aromatic carbocycles. The molecule has 0 aromatic rings. The van der Waals surface area contributed by atoms with E-state index in [0.717, 1.165) is 6.54 Å². The topological polar surface area (TPSA) is 70.7 Å². The molecule has 0 spiro atoms. The lowest BCUT2D eigenvalue weighted by molar-refractivity contribution is -0.152. The molecule has 1 saturated heterocycles. The van der Waals surface area contributed by atoms with Crippen molar-refractivity contribution in [3.05, 3.63) is 0 Å². The smallest absolute Gasteiger partial charge is 0.324 e. The zero-order valence-corrected chi connectivity index (χ0v) is 10.7. The predicted octanol–water partition coefficient (Wildman–Crippen LogP) is -1.04. The summed E-state index contributed by atoms with van der Waals surface area (Å²) in [5.74, 6) is -0.350. The minimum absolute atomic E-state index is 0.0822. The van der Waals surface area contributed by atoms with E-state index in [2.05, 4.69) is 10.6 Å². The van der Waals surface area contributed by atoms with E-state index in [1.807, 2.05) is 4.90 Å². The zero-order valence-electron chi connectivity index (χ0n) is 10.7. The van der Waals surface area contributed by atoms with Crippen LogP contribution >= 0.6 is 0 Å². The molecule has 1 rings (SSSR count). The lowest BCUT2D eigenvalue weighted by Gasteiger charge is -2.37. The van der Waals surface area contributed by atoms with Crippen LogP contribution in [-0.4, -0.2) is 62.1 Å². The monoisotopic (exact) mass is 243 g/mol. The number of piperazine rings is 1. The van der Waals surface area contributed by atoms with Crippen LogP contribution in [0.15, 0.2) is 0 Å². The molecule has 2 atom stereocenters. The number of nitrogens with zero attached hydrogens (tertiary/aromatic N) is 1. The highest BCUT2D eigenvalue weighted by atomic mass is 16.5. The molecule has 1 fully saturated rings. The van der Waals surface area contributed by atoms with Gasteiger partial charge < -0.3 is 15.4 Å². The maximum atomic E-state index is 11.8. The Balaban J connectivity index is 2.71. The van der Waals surface area contributed by atoms with Crippen LogP contribution in [0.4, 0.5) is 0 Å². The molecule has 2 N–H and O–H groups in total. The van der Waals surface area contributed by atoms with Gasteiger partial charge in [-0.05, 0) is 13.8 Å². The highest BCUT2D eigenvalue weighted by molar-refractivity contribution is 5.83. The van der Waals surface area contributed by atoms with Crippen molar-refractivity contribution in [3.8, 4) is 0 Å². The molecular weight excluding hydrogens is 222 g/mol. The van der Waals surface area contributed by atoms with E-state index in [1.165, 1.54) is 0 Å². The molecule has 0 bridgehead atoms. The zero-order chi connectivity index (χ0) is 12.8. The third-order valence-corrected chi connectivity index (χ3v) is 2.97. The summed E-state index contributed by atoms with van der Waals surface area (Å²) in [6.45, 7) is 5.91. The van der Waals surface area contributed by atoms with Gasteiger partial charge in [-0.1, -0.05) is 0 Å². The van der Waals surface area contributed by atoms with Crippen molar-refractivity contribution in [2.75, 3.05) is 33.3 Å². The predicted molar refractivity (Wildman–Crippen MR) is 63.5 cm³/mol. The maximum absolute atomic E-state index is 11.8. The summed E-state index contributed by atoms with van der Waals surface area (Å²) < 4.78 is 5.02. The fraction of sp³-hybridized carbons (Fsp3) is 0.818. The standard InChI is InChI=1S/C11H21N3O3/c1-4-17-11(16)9-7-13-5-6-14(9)8(2)10(15)12-3/h8-9,13H,4-7H2,1-3H3,(H,12,15). The number of carbonyl (C=O) groups is 2. The third-order valence-electron chi connectivity index (χ3n) is 2.97. The molecule has 1 aliphatic heterocycles. The normalized spacial score (nSPS) is 22.9. The fourth-order valence-corrected chi connectivity index (χ4v) is 2.00. The molecule has 2 unspecified atom stereocenters. The lowest BCUT2D eigenvalue weighted by Crippen LogP contribution is -2.60. The minimum atomic E-state index is -0.379. The Bertz CT molecular complexity index is 283. The van der Waals surface area contributed by atoms with Crippen molar-refractivity contribution in [2.24, 2.45) is 0 Å². The van der Waals surface area contributed by atoms with Crippen LogP contribution in [0, 0.1) is 0 Å². The quantitative estimate of drug-likeness (QED) is 0.617. The number of carbonyl (C=O) groups excluding carboxylic acids is 2. The van der Waals surface area contributed by atoms with Crippen LogP contribution in [0.1, 0.15) is 13.8 Å². The number of hydrogen-bond donors (Lipinski definition) is 2. The summed E-state index contributed by atoms with van der Waals surface area (Å²) in [6.07, 6.45) is 0. The van der Waals surface area contributed by atoms with Crippen molar-refractivity contribution < 1.29 is 14.3 Å². The van der Waals surface area contributed by atoms with Crippen LogP contribution in [0.25, 0.3) is 0 Å². The van der Waals surface area contributed by atoms with Crippen molar-refractivity contribution >= 4 is 11.9 Å². The average molecular weight is 243 g/mol. The molecule has 98 valence electrons. The molecule has 1 amide bonds. The number of ether oxygens (including phenoxy) is 1. The van der Waals surface area contributed by atoms with Gasteiger partial charge in [-0.3, -0.25) is 14.5 Å². The van der Waals surface area contributed by atoms with Crippen LogP contribution in [0.5, 0.6) is 0 Å². The summed E-state index contributed by atoms with van der Waals surface area (Å²) in [7, 11) is 1.60. The summed E-state index contributed by atoms with van der Waals surface area (Å²) >= 11 is 0. The van der Waals surface area contributed by atoms with Crippen LogP contribution in [0.3, 0.4) is 0 Å². The van der Waals surface area contributed by atoms with Gasteiger partial charge in [-0.2, -0.15) is 0 Å². The van der Waals surface area contributed by atoms with Gasteiger partial charge in [0, 0.05) is 26.7 Å². The first-order valence-electron chi connectivity index (χ1n) is 5.96. The van der Waals surface area contributed by atoms with E-state index in [-0.39, 0.29) is 24.0 Å². The van der Waals surface area contributed by atoms with E-state index in [1.54, 1.807) is 20.9 Å². The van der Waals surface area contributed by atoms with Gasteiger partial charge in [-0.15, -0.1) is 0 Å². The Morgan fingerprint density at radius 3 is 2.88 bits per heavy atom. The first kappa shape index (κ1) is 13.9. The summed E-state index contributed by atoms with van der Waals surface area (Å²) in [4.78, 5) is 25.3. The van der Waals surface area contributed by atoms with Gasteiger partial charge >= 0.3 is 5.97 Å². The molecule has 17 heavy (non-hydrogen) atoms. The van der Waals surface area contributed by atoms with Gasteiger partial charge in [0.15, 0.2) is 0 Å². The molecule has 1 heterocycles. The lowest BCUT2D eigenvalue weighted by atomic mass is 10.1. The highest BCUT2D eigenvalue weighted by Crippen LogP contribution is 2.10. The van der Waals surface area contributed by atoms with Crippen molar-refractivity contribution in [2.45, 2.75) is 25.9 Å². The number of nitrogens with one attached hydrogen (secondary N) is 2. The van der Waals surface area contributed by atoms with E-state index in [9.17, 15) is 9.59 Å². The number of rotatable bonds is 4. The molecular formula is C11H21N3O3. The minimum Gasteiger partial charge on any atom is -0.465 e. The van der Waals surface area contributed by atoms with Gasteiger partial charge in [0.25, 0.3) is 0 Å². The summed E-state index contributed by atoms with van der Waals surface area (Å²) in [6, 6.07) is -0.701. The van der Waals surface area contributed by atoms with Crippen LogP contribution < -0.4 is 10.6 Å². The second-order valence-electron chi connectivity index (χ2n) is 4.00. The largest absolute Gasteiger partial charge is 0.465 e. The second-order valence-corrected chi connectivity index (χ2v) is 4.00. The molecule has 1 aliphatic rings. The Kier molecular flexibility index (Phi) is 5.37. The third kappa shape index (κ3) is 3.41. The van der Waals surface area contributed by atoms with Crippen LogP contribution in [0.2, 0.25) is 0 Å². The molecule has 6 nitrogen and oxygen atoms in total. The van der Waals surface area contributed by atoms with E-state index >= 15 is 0 Å². The molecule has 0 aliphatic carbocycles. The Morgan fingerprint density at radius 1 is 1.59 bits per heavy atom. The highest BCUT2D eigenvalue weighted by Gasteiger charge is 2.35. The SMILES string of the molecule is CCOC(=O)C1CNCCN1C(C)C(=O)NC. The van der Waals surface area contributed by atoms with E-state index < -0.39 is 0 Å². The summed E-state index contributed by atoms with van der Waals surface area (Å²) in [5, 5.41) is 5.74. The average Bonchev–Trinajstić information content (AvgIpc) is 2.37. The second kappa shape index (κ2) is 6.56. The van der Waals surface area contributed by atoms with Crippen molar-refractivity contribution in [3.63, 3.8) is 0 Å². The van der Waals surface area contributed by atoms with Crippen molar-refractivity contribution in [1.29, 1.82) is 0 Å². The van der Waals surface area contributed by atoms with Gasteiger partial charge in [0.05, 0.1) is 12.6 Å². The molecule has 0 saturated carbocycles. The summed E-state index contributed by atoms with van der Waals surface area (Å²) in [5.41, 5.74) is 0. The van der Waals surface area contributed by atoms with Crippen LogP contribution in [-0.2, 0) is 14.3 Å². The van der Waals surface area contributed by atoms with E-state index in [4.69, 9.17) is 4.74 Å². The number of hydrogen-bond acceptors (Lipinski definition) is 5. The van der Waals surface area contributed by atoms with Gasteiger partial charge in [-0.25, -0.2) is 0 Å². The van der Waals surface area contributed by atoms with Gasteiger partial charge in [0.2, 0.25) is 5.91 Å². The number of amides is 1. The molecule has 0 aromatic heterocycles. The van der Waals surface area contributed by atoms with E-state index in [0.29, 0.717) is 19.7 Å². The molecule has 6 heteroatoms. The first-order chi connectivity index (χ1) is 8.11. The number of esters is 1. The fourth-order valence-electron chi connectivity index (χ4n) is 2.00. The first-order valence-corrected chi connectivity index (χ1v) is 5.96. The Hall–Kier alpha value is -1.14. The van der Waals surface area contributed by atoms with Crippen molar-refractivity contribution in [1.82, 2.24) is 15.5 Å². The maximum Gasteiger partial charge on any atom is 0.324 e. The number of likely N-dealkylation sites (N-methyl/N-ethyl adjacent to an activating group) is 1. The Morgan fingerprint density at radius 2 is 2.29 bits per heavy atom. The molecule has 0 radical (unpaired) electrons.